The highest BCUT2D eigenvalue weighted by Gasteiger charge is 2.23. The summed E-state index contributed by atoms with van der Waals surface area (Å²) in [5.74, 6) is 1.51. The van der Waals surface area contributed by atoms with Crippen molar-refractivity contribution in [3.63, 3.8) is 0 Å². The third-order valence-electron chi connectivity index (χ3n) is 3.02. The maximum Gasteiger partial charge on any atom is 0.161 e. The minimum absolute atomic E-state index is 0.586. The van der Waals surface area contributed by atoms with Crippen LogP contribution in [-0.4, -0.2) is 24.1 Å². The van der Waals surface area contributed by atoms with Crippen LogP contribution in [0.2, 0.25) is 0 Å². The second-order valence-electron chi connectivity index (χ2n) is 4.87. The van der Waals surface area contributed by atoms with E-state index < -0.39 is 0 Å². The summed E-state index contributed by atoms with van der Waals surface area (Å²) in [5.41, 5.74) is 2.20. The first-order chi connectivity index (χ1) is 8.60. The van der Waals surface area contributed by atoms with Crippen molar-refractivity contribution >= 4 is 22.6 Å². The normalized spacial score (nSPS) is 18.9. The lowest BCUT2D eigenvalue weighted by Gasteiger charge is -2.14. The monoisotopic (exact) mass is 264 g/mol. The Morgan fingerprint density at radius 3 is 2.83 bits per heavy atom. The molecule has 1 heterocycles. The summed E-state index contributed by atoms with van der Waals surface area (Å²) in [5, 5.41) is 4.96. The number of aryl methyl sites for hydroxylation is 1. The van der Waals surface area contributed by atoms with Gasteiger partial charge in [-0.3, -0.25) is 4.99 Å². The van der Waals surface area contributed by atoms with E-state index in [9.17, 15) is 0 Å². The number of thioether (sulfide) groups is 1. The molecule has 0 saturated heterocycles. The van der Waals surface area contributed by atoms with Crippen LogP contribution < -0.4 is 10.1 Å². The molecular weight excluding hydrogens is 244 g/mol. The van der Waals surface area contributed by atoms with E-state index in [-0.39, 0.29) is 0 Å². The Morgan fingerprint density at radius 2 is 2.22 bits per heavy atom. The lowest BCUT2D eigenvalue weighted by Crippen LogP contribution is -2.13. The molecule has 0 aliphatic carbocycles. The maximum absolute atomic E-state index is 5.36. The van der Waals surface area contributed by atoms with Crippen LogP contribution in [0.3, 0.4) is 0 Å². The number of rotatable bonds is 3. The second kappa shape index (κ2) is 5.65. The van der Waals surface area contributed by atoms with Gasteiger partial charge in [0.15, 0.2) is 5.17 Å². The summed E-state index contributed by atoms with van der Waals surface area (Å²) in [7, 11) is 1.69. The molecule has 1 N–H and O–H groups in total. The average molecular weight is 264 g/mol. The van der Waals surface area contributed by atoms with Crippen molar-refractivity contribution in [2.75, 3.05) is 19.0 Å². The van der Waals surface area contributed by atoms with Crippen molar-refractivity contribution in [2.45, 2.75) is 26.0 Å². The Balaban J connectivity index is 2.09. The Bertz CT molecular complexity index is 457. The Labute approximate surface area is 113 Å². The molecule has 1 unspecified atom stereocenters. The Kier molecular flexibility index (Phi) is 4.17. The predicted octanol–water partition coefficient (Wildman–Crippen LogP) is 3.54. The number of amidine groups is 1. The van der Waals surface area contributed by atoms with Gasteiger partial charge in [-0.25, -0.2) is 0 Å². The van der Waals surface area contributed by atoms with Crippen molar-refractivity contribution < 1.29 is 4.74 Å². The number of hydrogen-bond acceptors (Lipinski definition) is 4. The van der Waals surface area contributed by atoms with Gasteiger partial charge in [-0.2, -0.15) is 0 Å². The fourth-order valence-corrected chi connectivity index (χ4v) is 2.87. The molecule has 1 aliphatic rings. The largest absolute Gasteiger partial charge is 0.495 e. The quantitative estimate of drug-likeness (QED) is 0.906. The van der Waals surface area contributed by atoms with Gasteiger partial charge in [-0.1, -0.05) is 31.7 Å². The van der Waals surface area contributed by atoms with E-state index in [1.54, 1.807) is 7.11 Å². The highest BCUT2D eigenvalue weighted by Crippen LogP contribution is 2.31. The molecule has 18 heavy (non-hydrogen) atoms. The number of anilines is 1. The van der Waals surface area contributed by atoms with E-state index in [1.165, 1.54) is 5.56 Å². The molecule has 0 radical (unpaired) electrons. The van der Waals surface area contributed by atoms with Gasteiger partial charge in [0.05, 0.1) is 19.3 Å². The zero-order valence-corrected chi connectivity index (χ0v) is 12.2. The zero-order valence-electron chi connectivity index (χ0n) is 11.4. The van der Waals surface area contributed by atoms with Crippen LogP contribution in [0.4, 0.5) is 5.69 Å². The van der Waals surface area contributed by atoms with E-state index in [0.717, 1.165) is 23.1 Å². The molecule has 4 heteroatoms. The number of hydrogen-bond donors (Lipinski definition) is 1. The average Bonchev–Trinajstić information content (AvgIpc) is 2.78. The van der Waals surface area contributed by atoms with Crippen LogP contribution in [0.15, 0.2) is 23.2 Å². The second-order valence-corrected chi connectivity index (χ2v) is 6.10. The summed E-state index contributed by atoms with van der Waals surface area (Å²) in [4.78, 5) is 4.55. The van der Waals surface area contributed by atoms with Gasteiger partial charge < -0.3 is 10.1 Å². The van der Waals surface area contributed by atoms with Crippen LogP contribution in [0.25, 0.3) is 0 Å². The van der Waals surface area contributed by atoms with E-state index in [1.807, 2.05) is 23.9 Å². The van der Waals surface area contributed by atoms with Gasteiger partial charge in [0.25, 0.3) is 0 Å². The fraction of sp³-hybridized carbons (Fsp3) is 0.500. The first-order valence-corrected chi connectivity index (χ1v) is 7.11. The summed E-state index contributed by atoms with van der Waals surface area (Å²) in [6.45, 7) is 7.46. The van der Waals surface area contributed by atoms with Gasteiger partial charge in [0, 0.05) is 5.25 Å². The minimum Gasteiger partial charge on any atom is -0.495 e. The third-order valence-corrected chi connectivity index (χ3v) is 4.47. The smallest absolute Gasteiger partial charge is 0.161 e. The van der Waals surface area contributed by atoms with Gasteiger partial charge >= 0.3 is 0 Å². The van der Waals surface area contributed by atoms with E-state index in [2.05, 4.69) is 37.1 Å². The first-order valence-electron chi connectivity index (χ1n) is 6.23. The molecule has 1 aromatic carbocycles. The summed E-state index contributed by atoms with van der Waals surface area (Å²) >= 11 is 1.82. The minimum atomic E-state index is 0.586. The predicted molar refractivity (Wildman–Crippen MR) is 79.9 cm³/mol. The van der Waals surface area contributed by atoms with Gasteiger partial charge in [-0.15, -0.1) is 0 Å². The number of nitrogens with one attached hydrogen (secondary N) is 1. The third kappa shape index (κ3) is 2.99. The molecule has 1 aromatic rings. The molecule has 1 atom stereocenters. The molecule has 3 nitrogen and oxygen atoms in total. The van der Waals surface area contributed by atoms with Crippen LogP contribution in [0, 0.1) is 12.8 Å². The van der Waals surface area contributed by atoms with Crippen LogP contribution in [0.1, 0.15) is 19.4 Å². The molecular formula is C14H20N2OS. The lowest BCUT2D eigenvalue weighted by atomic mass is 10.1. The highest BCUT2D eigenvalue weighted by atomic mass is 32.2. The van der Waals surface area contributed by atoms with Crippen molar-refractivity contribution in [2.24, 2.45) is 10.9 Å². The Hall–Kier alpha value is -1.16. The first kappa shape index (κ1) is 13.3. The maximum atomic E-state index is 5.36. The summed E-state index contributed by atoms with van der Waals surface area (Å²) in [6.07, 6.45) is 0. The van der Waals surface area contributed by atoms with Crippen molar-refractivity contribution in [1.29, 1.82) is 0 Å². The molecule has 2 rings (SSSR count). The van der Waals surface area contributed by atoms with E-state index in [0.29, 0.717) is 11.2 Å². The summed E-state index contributed by atoms with van der Waals surface area (Å²) < 4.78 is 5.36. The number of benzene rings is 1. The van der Waals surface area contributed by atoms with E-state index in [4.69, 9.17) is 4.74 Å². The van der Waals surface area contributed by atoms with Gasteiger partial charge in [0.1, 0.15) is 5.75 Å². The van der Waals surface area contributed by atoms with Crippen LogP contribution in [0.5, 0.6) is 5.75 Å². The molecule has 0 amide bonds. The SMILES string of the molecule is COc1ccc(C)cc1NC1=NCC(C(C)C)S1. The molecule has 0 bridgehead atoms. The van der Waals surface area contributed by atoms with Gasteiger partial charge in [0.2, 0.25) is 0 Å². The van der Waals surface area contributed by atoms with Crippen molar-refractivity contribution in [3.05, 3.63) is 23.8 Å². The number of nitrogens with zero attached hydrogens (tertiary/aromatic N) is 1. The molecule has 0 aromatic heterocycles. The van der Waals surface area contributed by atoms with E-state index >= 15 is 0 Å². The van der Waals surface area contributed by atoms with Gasteiger partial charge in [-0.05, 0) is 30.5 Å². The van der Waals surface area contributed by atoms with Crippen molar-refractivity contribution in [3.8, 4) is 5.75 Å². The topological polar surface area (TPSA) is 33.6 Å². The number of methoxy groups -OCH3 is 1. The zero-order chi connectivity index (χ0) is 13.1. The molecule has 0 saturated carbocycles. The highest BCUT2D eigenvalue weighted by molar-refractivity contribution is 8.15. The molecule has 0 spiro atoms. The lowest BCUT2D eigenvalue weighted by molar-refractivity contribution is 0.417. The fourth-order valence-electron chi connectivity index (χ4n) is 1.84. The number of aliphatic imine (C=N–C) groups is 1. The molecule has 0 fully saturated rings. The number of ether oxygens (including phenoxy) is 1. The van der Waals surface area contributed by atoms with Crippen LogP contribution >= 0.6 is 11.8 Å². The summed E-state index contributed by atoms with van der Waals surface area (Å²) in [6, 6.07) is 6.12. The molecule has 98 valence electrons. The van der Waals surface area contributed by atoms with Crippen molar-refractivity contribution in [1.82, 2.24) is 0 Å². The Morgan fingerprint density at radius 1 is 1.44 bits per heavy atom. The van der Waals surface area contributed by atoms with Crippen LogP contribution in [-0.2, 0) is 0 Å². The standard InChI is InChI=1S/C14H20N2OS/c1-9(2)13-8-15-14(18-13)16-11-7-10(3)5-6-12(11)17-4/h5-7,9,13H,8H2,1-4H3,(H,15,16). The molecule has 1 aliphatic heterocycles.